The number of ether oxygens (including phenoxy) is 1. The lowest BCUT2D eigenvalue weighted by Gasteiger charge is -2.09. The molecule has 0 unspecified atom stereocenters. The molecule has 0 fully saturated rings. The summed E-state index contributed by atoms with van der Waals surface area (Å²) in [6.45, 7) is 0. The second kappa shape index (κ2) is 7.16. The lowest BCUT2D eigenvalue weighted by molar-refractivity contribution is 0.102. The first-order valence-electron chi connectivity index (χ1n) is 8.85. The van der Waals surface area contributed by atoms with Crippen LogP contribution in [0, 0.1) is 0 Å². The van der Waals surface area contributed by atoms with Crippen LogP contribution in [0.1, 0.15) is 10.4 Å². The average molecular weight is 390 g/mol. The lowest BCUT2D eigenvalue weighted by atomic mass is 10.2. The number of para-hydroxylation sites is 3. The van der Waals surface area contributed by atoms with Crippen molar-refractivity contribution in [2.45, 2.75) is 0 Å². The van der Waals surface area contributed by atoms with Crippen LogP contribution in [0.3, 0.4) is 0 Å². The number of nitrogens with zero attached hydrogens (tertiary/aromatic N) is 2. The van der Waals surface area contributed by atoms with Crippen molar-refractivity contribution in [3.63, 3.8) is 0 Å². The van der Waals surface area contributed by atoms with Crippen LogP contribution in [0.25, 0.3) is 16.7 Å². The van der Waals surface area contributed by atoms with Crippen LogP contribution in [-0.4, -0.2) is 27.1 Å². The Morgan fingerprint density at radius 2 is 1.72 bits per heavy atom. The molecule has 8 heteroatoms. The fourth-order valence-corrected chi connectivity index (χ4v) is 3.29. The number of aromatic amines is 1. The van der Waals surface area contributed by atoms with Crippen LogP contribution >= 0.6 is 0 Å². The number of fused-ring (bicyclic) bond motifs is 1. The first-order chi connectivity index (χ1) is 14.0. The van der Waals surface area contributed by atoms with Gasteiger partial charge in [0, 0.05) is 13.2 Å². The molecular formula is C21H18N4O4. The summed E-state index contributed by atoms with van der Waals surface area (Å²) in [5, 5.41) is 2.76. The van der Waals surface area contributed by atoms with E-state index in [2.05, 4.69) is 10.3 Å². The summed E-state index contributed by atoms with van der Waals surface area (Å²) in [5.41, 5.74) is 0.391. The number of benzene rings is 2. The molecule has 146 valence electrons. The summed E-state index contributed by atoms with van der Waals surface area (Å²) < 4.78 is 7.82. The van der Waals surface area contributed by atoms with Crippen LogP contribution in [0.15, 0.2) is 70.4 Å². The van der Waals surface area contributed by atoms with Crippen molar-refractivity contribution in [2.24, 2.45) is 7.05 Å². The molecule has 0 saturated carbocycles. The molecule has 0 bridgehead atoms. The molecular weight excluding hydrogens is 372 g/mol. The normalized spacial score (nSPS) is 10.8. The van der Waals surface area contributed by atoms with Crippen molar-refractivity contribution in [1.29, 1.82) is 0 Å². The number of rotatable bonds is 4. The van der Waals surface area contributed by atoms with E-state index in [0.29, 0.717) is 17.1 Å². The number of carbonyl (C=O) groups is 1. The van der Waals surface area contributed by atoms with E-state index in [1.165, 1.54) is 17.9 Å². The summed E-state index contributed by atoms with van der Waals surface area (Å²) >= 11 is 0. The molecule has 0 atom stereocenters. The largest absolute Gasteiger partial charge is 0.495 e. The summed E-state index contributed by atoms with van der Waals surface area (Å²) in [6.07, 6.45) is 1.52. The Morgan fingerprint density at radius 3 is 2.45 bits per heavy atom. The first-order valence-corrected chi connectivity index (χ1v) is 8.85. The number of hydrogen-bond donors (Lipinski definition) is 2. The van der Waals surface area contributed by atoms with Gasteiger partial charge >= 0.3 is 5.69 Å². The van der Waals surface area contributed by atoms with Crippen LogP contribution in [0.5, 0.6) is 5.75 Å². The first kappa shape index (κ1) is 18.3. The highest BCUT2D eigenvalue weighted by molar-refractivity contribution is 6.12. The molecule has 2 aromatic carbocycles. The van der Waals surface area contributed by atoms with Crippen LogP contribution in [0.4, 0.5) is 5.69 Å². The zero-order valence-corrected chi connectivity index (χ0v) is 15.8. The van der Waals surface area contributed by atoms with Crippen LogP contribution in [-0.2, 0) is 7.05 Å². The minimum Gasteiger partial charge on any atom is -0.495 e. The fourth-order valence-electron chi connectivity index (χ4n) is 3.29. The Kier molecular flexibility index (Phi) is 4.52. The van der Waals surface area contributed by atoms with E-state index in [-0.39, 0.29) is 16.6 Å². The average Bonchev–Trinajstić information content (AvgIpc) is 3.05. The molecule has 2 heterocycles. The quantitative estimate of drug-likeness (QED) is 0.559. The predicted octanol–water partition coefficient (Wildman–Crippen LogP) is 2.28. The molecule has 4 rings (SSSR count). The van der Waals surface area contributed by atoms with Gasteiger partial charge in [0.2, 0.25) is 0 Å². The summed E-state index contributed by atoms with van der Waals surface area (Å²) in [6, 6.07) is 15.6. The standard InChI is InChI=1S/C21H18N4O4/c1-24-12-14(19(26)22-15-10-6-7-11-16(15)29-2)17-18(24)20(27)25(21(28)23-17)13-8-4-3-5-9-13/h3-12H,1-2H3,(H,22,26)(H,23,28). The smallest absolute Gasteiger partial charge is 0.333 e. The van der Waals surface area contributed by atoms with Gasteiger partial charge in [0.05, 0.1) is 29.6 Å². The van der Waals surface area contributed by atoms with E-state index in [4.69, 9.17) is 4.74 Å². The third kappa shape index (κ3) is 3.10. The summed E-state index contributed by atoms with van der Waals surface area (Å²) in [5.74, 6) is 0.0358. The van der Waals surface area contributed by atoms with Gasteiger partial charge in [-0.1, -0.05) is 30.3 Å². The van der Waals surface area contributed by atoms with Gasteiger partial charge in [0.25, 0.3) is 11.5 Å². The number of carbonyl (C=O) groups excluding carboxylic acids is 1. The molecule has 0 radical (unpaired) electrons. The molecule has 0 aliphatic carbocycles. The van der Waals surface area contributed by atoms with E-state index in [9.17, 15) is 14.4 Å². The number of anilines is 1. The Morgan fingerprint density at radius 1 is 1.03 bits per heavy atom. The van der Waals surface area contributed by atoms with Crippen molar-refractivity contribution < 1.29 is 9.53 Å². The Balaban J connectivity index is 1.85. The van der Waals surface area contributed by atoms with Gasteiger partial charge in [0.1, 0.15) is 11.3 Å². The zero-order chi connectivity index (χ0) is 20.5. The molecule has 2 N–H and O–H groups in total. The van der Waals surface area contributed by atoms with E-state index < -0.39 is 17.2 Å². The van der Waals surface area contributed by atoms with Gasteiger partial charge < -0.3 is 19.6 Å². The van der Waals surface area contributed by atoms with Crippen molar-refractivity contribution in [3.05, 3.63) is 87.2 Å². The van der Waals surface area contributed by atoms with Crippen molar-refractivity contribution in [1.82, 2.24) is 14.1 Å². The number of aryl methyl sites for hydroxylation is 1. The van der Waals surface area contributed by atoms with Crippen molar-refractivity contribution in [3.8, 4) is 11.4 Å². The molecule has 1 amide bonds. The highest BCUT2D eigenvalue weighted by atomic mass is 16.5. The number of aromatic nitrogens is 3. The monoisotopic (exact) mass is 390 g/mol. The summed E-state index contributed by atoms with van der Waals surface area (Å²) in [7, 11) is 3.16. The van der Waals surface area contributed by atoms with Gasteiger partial charge in [-0.3, -0.25) is 9.59 Å². The maximum Gasteiger partial charge on any atom is 0.333 e. The topological polar surface area (TPSA) is 98.1 Å². The van der Waals surface area contributed by atoms with Gasteiger partial charge in [-0.25, -0.2) is 9.36 Å². The van der Waals surface area contributed by atoms with Gasteiger partial charge in [0.15, 0.2) is 0 Å². The molecule has 4 aromatic rings. The molecule has 29 heavy (non-hydrogen) atoms. The van der Waals surface area contributed by atoms with E-state index in [1.54, 1.807) is 61.6 Å². The highest BCUT2D eigenvalue weighted by Gasteiger charge is 2.20. The third-order valence-corrected chi connectivity index (χ3v) is 4.64. The minimum atomic E-state index is -0.619. The van der Waals surface area contributed by atoms with E-state index in [1.807, 2.05) is 0 Å². The molecule has 0 aliphatic rings. The van der Waals surface area contributed by atoms with Gasteiger partial charge in [-0.2, -0.15) is 0 Å². The van der Waals surface area contributed by atoms with Crippen LogP contribution < -0.4 is 21.3 Å². The lowest BCUT2D eigenvalue weighted by Crippen LogP contribution is -2.34. The minimum absolute atomic E-state index is 0.182. The number of hydrogen-bond acceptors (Lipinski definition) is 4. The van der Waals surface area contributed by atoms with Gasteiger partial charge in [-0.15, -0.1) is 0 Å². The number of H-pyrrole nitrogens is 1. The van der Waals surface area contributed by atoms with Crippen molar-refractivity contribution in [2.75, 3.05) is 12.4 Å². The van der Waals surface area contributed by atoms with Crippen LogP contribution in [0.2, 0.25) is 0 Å². The second-order valence-corrected chi connectivity index (χ2v) is 6.44. The molecule has 8 nitrogen and oxygen atoms in total. The Labute approximate surface area is 165 Å². The molecule has 0 aliphatic heterocycles. The fraction of sp³-hybridized carbons (Fsp3) is 0.0952. The SMILES string of the molecule is COc1ccccc1NC(=O)c1cn(C)c2c(=O)n(-c3ccccc3)c(=O)[nH]c12. The maximum absolute atomic E-state index is 13.0. The van der Waals surface area contributed by atoms with Gasteiger partial charge in [-0.05, 0) is 24.3 Å². The number of methoxy groups -OCH3 is 1. The molecule has 2 aromatic heterocycles. The van der Waals surface area contributed by atoms with Crippen molar-refractivity contribution >= 4 is 22.6 Å². The molecule has 0 saturated heterocycles. The third-order valence-electron chi connectivity index (χ3n) is 4.64. The Hall–Kier alpha value is -4.07. The Bertz CT molecular complexity index is 1330. The second-order valence-electron chi connectivity index (χ2n) is 6.44. The van der Waals surface area contributed by atoms with E-state index >= 15 is 0 Å². The predicted molar refractivity (Wildman–Crippen MR) is 110 cm³/mol. The maximum atomic E-state index is 13.0. The highest BCUT2D eigenvalue weighted by Crippen LogP contribution is 2.24. The molecule has 0 spiro atoms. The van der Waals surface area contributed by atoms with E-state index in [0.717, 1.165) is 4.57 Å². The number of nitrogens with one attached hydrogen (secondary N) is 2. The summed E-state index contributed by atoms with van der Waals surface area (Å²) in [4.78, 5) is 41.2. The zero-order valence-electron chi connectivity index (χ0n) is 15.8. The number of amides is 1.